The van der Waals surface area contributed by atoms with Crippen molar-refractivity contribution >= 4 is 0 Å². The van der Waals surface area contributed by atoms with E-state index >= 15 is 0 Å². The molecule has 1 aliphatic rings. The summed E-state index contributed by atoms with van der Waals surface area (Å²) >= 11 is 0. The predicted molar refractivity (Wildman–Crippen MR) is 69.0 cm³/mol. The van der Waals surface area contributed by atoms with Gasteiger partial charge in [0.25, 0.3) is 0 Å². The molecule has 1 aliphatic heterocycles. The highest BCUT2D eigenvalue weighted by atomic mass is 15.3. The number of nitrogens with zero attached hydrogens (tertiary/aromatic N) is 3. The van der Waals surface area contributed by atoms with E-state index in [1.54, 1.807) is 0 Å². The Kier molecular flexibility index (Phi) is 4.54. The van der Waals surface area contributed by atoms with Crippen molar-refractivity contribution in [1.82, 2.24) is 20.1 Å². The predicted octanol–water partition coefficient (Wildman–Crippen LogP) is 2.07. The third-order valence-corrected chi connectivity index (χ3v) is 3.59. The monoisotopic (exact) mass is 236 g/mol. The summed E-state index contributed by atoms with van der Waals surface area (Å²) in [4.78, 5) is 0. The lowest BCUT2D eigenvalue weighted by molar-refractivity contribution is 0.378. The number of aryl methyl sites for hydroxylation is 2. The van der Waals surface area contributed by atoms with Crippen molar-refractivity contribution < 1.29 is 0 Å². The van der Waals surface area contributed by atoms with E-state index in [4.69, 9.17) is 0 Å². The van der Waals surface area contributed by atoms with Gasteiger partial charge in [-0.3, -0.25) is 0 Å². The highest BCUT2D eigenvalue weighted by molar-refractivity contribution is 4.95. The van der Waals surface area contributed by atoms with Gasteiger partial charge in [-0.2, -0.15) is 0 Å². The Bertz CT molecular complexity index is 339. The summed E-state index contributed by atoms with van der Waals surface area (Å²) in [5.41, 5.74) is 0. The van der Waals surface area contributed by atoms with Gasteiger partial charge >= 0.3 is 0 Å². The van der Waals surface area contributed by atoms with Crippen LogP contribution in [0.15, 0.2) is 0 Å². The van der Waals surface area contributed by atoms with Crippen LogP contribution in [-0.2, 0) is 13.0 Å². The summed E-state index contributed by atoms with van der Waals surface area (Å²) < 4.78 is 2.27. The molecule has 1 atom stereocenters. The van der Waals surface area contributed by atoms with Crippen LogP contribution in [-0.4, -0.2) is 27.4 Å². The molecular formula is C13H24N4. The molecule has 0 aliphatic carbocycles. The highest BCUT2D eigenvalue weighted by Gasteiger charge is 2.14. The highest BCUT2D eigenvalue weighted by Crippen LogP contribution is 2.13. The molecule has 0 spiro atoms. The molecule has 4 nitrogen and oxygen atoms in total. The minimum atomic E-state index is 0.691. The fraction of sp³-hybridized carbons (Fsp3) is 0.846. The molecule has 1 saturated heterocycles. The van der Waals surface area contributed by atoms with Crippen LogP contribution in [0.3, 0.4) is 0 Å². The van der Waals surface area contributed by atoms with Gasteiger partial charge in [0.1, 0.15) is 11.6 Å². The Hall–Kier alpha value is -0.900. The van der Waals surface area contributed by atoms with E-state index in [0.29, 0.717) is 6.04 Å². The average Bonchev–Trinajstić information content (AvgIpc) is 2.70. The molecule has 0 aromatic carbocycles. The maximum Gasteiger partial charge on any atom is 0.133 e. The van der Waals surface area contributed by atoms with Crippen molar-refractivity contribution in [3.05, 3.63) is 11.6 Å². The number of rotatable bonds is 5. The summed E-state index contributed by atoms with van der Waals surface area (Å²) in [6, 6.07) is 0.691. The lowest BCUT2D eigenvalue weighted by atomic mass is 10.0. The second kappa shape index (κ2) is 6.15. The lowest BCUT2D eigenvalue weighted by Gasteiger charge is -2.23. The molecule has 1 N–H and O–H groups in total. The fourth-order valence-corrected chi connectivity index (χ4v) is 2.60. The maximum atomic E-state index is 4.30. The second-order valence-corrected chi connectivity index (χ2v) is 5.00. The summed E-state index contributed by atoms with van der Waals surface area (Å²) in [7, 11) is 0. The quantitative estimate of drug-likeness (QED) is 0.851. The van der Waals surface area contributed by atoms with Crippen LogP contribution in [0.4, 0.5) is 0 Å². The van der Waals surface area contributed by atoms with Gasteiger partial charge in [0, 0.05) is 19.0 Å². The van der Waals surface area contributed by atoms with E-state index in [-0.39, 0.29) is 0 Å². The Morgan fingerprint density at radius 3 is 2.94 bits per heavy atom. The third-order valence-electron chi connectivity index (χ3n) is 3.59. The zero-order valence-electron chi connectivity index (χ0n) is 11.1. The molecule has 96 valence electrons. The summed E-state index contributed by atoms with van der Waals surface area (Å²) in [6.45, 7) is 6.48. The van der Waals surface area contributed by atoms with Crippen molar-refractivity contribution in [3.8, 4) is 0 Å². The Morgan fingerprint density at radius 1 is 1.35 bits per heavy atom. The topological polar surface area (TPSA) is 42.7 Å². The number of hydrogen-bond acceptors (Lipinski definition) is 3. The van der Waals surface area contributed by atoms with E-state index in [0.717, 1.165) is 31.0 Å². The van der Waals surface area contributed by atoms with Gasteiger partial charge in [-0.15, -0.1) is 10.2 Å². The normalized spacial score (nSPS) is 20.7. The van der Waals surface area contributed by atoms with Gasteiger partial charge in [-0.05, 0) is 39.2 Å². The molecule has 1 aromatic rings. The van der Waals surface area contributed by atoms with E-state index < -0.39 is 0 Å². The van der Waals surface area contributed by atoms with Crippen LogP contribution in [0.2, 0.25) is 0 Å². The van der Waals surface area contributed by atoms with E-state index in [9.17, 15) is 0 Å². The van der Waals surface area contributed by atoms with E-state index in [2.05, 4.69) is 27.0 Å². The molecule has 1 fully saturated rings. The van der Waals surface area contributed by atoms with Crippen LogP contribution < -0.4 is 5.32 Å². The zero-order valence-corrected chi connectivity index (χ0v) is 11.1. The molecule has 17 heavy (non-hydrogen) atoms. The molecule has 0 bridgehead atoms. The first-order chi connectivity index (χ1) is 8.31. The molecule has 2 heterocycles. The first kappa shape index (κ1) is 12.6. The summed E-state index contributed by atoms with van der Waals surface area (Å²) in [6.07, 6.45) is 7.43. The van der Waals surface area contributed by atoms with Crippen LogP contribution in [0.25, 0.3) is 0 Å². The molecule has 1 unspecified atom stereocenters. The maximum absolute atomic E-state index is 4.30. The minimum absolute atomic E-state index is 0.691. The average molecular weight is 236 g/mol. The lowest BCUT2D eigenvalue weighted by Crippen LogP contribution is -2.34. The standard InChI is InChI=1S/C13H24N4/c1-3-10-17-11(2)15-16-13(17)8-7-12-6-4-5-9-14-12/h12,14H,3-10H2,1-2H3. The number of piperidine rings is 1. The largest absolute Gasteiger partial charge is 0.315 e. The Labute approximate surface area is 104 Å². The second-order valence-electron chi connectivity index (χ2n) is 5.00. The zero-order chi connectivity index (χ0) is 12.1. The number of nitrogens with one attached hydrogen (secondary N) is 1. The van der Waals surface area contributed by atoms with Gasteiger partial charge in [0.05, 0.1) is 0 Å². The molecule has 2 rings (SSSR count). The SMILES string of the molecule is CCCn1c(C)nnc1CCC1CCCCN1. The first-order valence-corrected chi connectivity index (χ1v) is 6.93. The van der Waals surface area contributed by atoms with Crippen molar-refractivity contribution in [1.29, 1.82) is 0 Å². The van der Waals surface area contributed by atoms with Gasteiger partial charge < -0.3 is 9.88 Å². The molecular weight excluding hydrogens is 212 g/mol. The smallest absolute Gasteiger partial charge is 0.133 e. The fourth-order valence-electron chi connectivity index (χ4n) is 2.60. The van der Waals surface area contributed by atoms with Crippen LogP contribution in [0.1, 0.15) is 50.7 Å². The molecule has 0 amide bonds. The van der Waals surface area contributed by atoms with Crippen LogP contribution >= 0.6 is 0 Å². The van der Waals surface area contributed by atoms with Gasteiger partial charge in [-0.25, -0.2) is 0 Å². The molecule has 0 saturated carbocycles. The Balaban J connectivity index is 1.89. The van der Waals surface area contributed by atoms with Gasteiger partial charge in [0.2, 0.25) is 0 Å². The van der Waals surface area contributed by atoms with Gasteiger partial charge in [-0.1, -0.05) is 13.3 Å². The van der Waals surface area contributed by atoms with Gasteiger partial charge in [0.15, 0.2) is 0 Å². The summed E-state index contributed by atoms with van der Waals surface area (Å²) in [5.74, 6) is 2.22. The summed E-state index contributed by atoms with van der Waals surface area (Å²) in [5, 5.41) is 12.1. The van der Waals surface area contributed by atoms with Crippen molar-refractivity contribution in [3.63, 3.8) is 0 Å². The molecule has 4 heteroatoms. The van der Waals surface area contributed by atoms with Crippen molar-refractivity contribution in [2.45, 2.75) is 65.0 Å². The third kappa shape index (κ3) is 3.28. The first-order valence-electron chi connectivity index (χ1n) is 6.93. The molecule has 1 aromatic heterocycles. The van der Waals surface area contributed by atoms with E-state index in [1.165, 1.54) is 32.2 Å². The number of hydrogen-bond donors (Lipinski definition) is 1. The van der Waals surface area contributed by atoms with Crippen LogP contribution in [0, 0.1) is 6.92 Å². The van der Waals surface area contributed by atoms with Crippen molar-refractivity contribution in [2.75, 3.05) is 6.54 Å². The van der Waals surface area contributed by atoms with Crippen molar-refractivity contribution in [2.24, 2.45) is 0 Å². The molecule has 0 radical (unpaired) electrons. The van der Waals surface area contributed by atoms with Crippen LogP contribution in [0.5, 0.6) is 0 Å². The number of aromatic nitrogens is 3. The van der Waals surface area contributed by atoms with E-state index in [1.807, 2.05) is 6.92 Å². The Morgan fingerprint density at radius 2 is 2.24 bits per heavy atom. The minimum Gasteiger partial charge on any atom is -0.315 e.